The summed E-state index contributed by atoms with van der Waals surface area (Å²) in [6.07, 6.45) is 4.30. The number of hydrogen-bond acceptors (Lipinski definition) is 1. The van der Waals surface area contributed by atoms with Crippen molar-refractivity contribution in [1.29, 1.82) is 0 Å². The monoisotopic (exact) mass is 125 g/mol. The third kappa shape index (κ3) is 0.644. The summed E-state index contributed by atoms with van der Waals surface area (Å²) in [5.41, 5.74) is 5.96. The molecule has 2 rings (SSSR count). The average Bonchev–Trinajstić information content (AvgIpc) is 2.37. The molecule has 0 spiro atoms. The Hall–Kier alpha value is -0.0400. The van der Waals surface area contributed by atoms with Crippen LogP contribution < -0.4 is 5.73 Å². The number of fused-ring (bicyclic) bond motifs is 2. The van der Waals surface area contributed by atoms with Gasteiger partial charge in [0.25, 0.3) is 0 Å². The highest BCUT2D eigenvalue weighted by Crippen LogP contribution is 2.47. The van der Waals surface area contributed by atoms with E-state index in [0.29, 0.717) is 6.04 Å². The maximum atomic E-state index is 5.96. The first-order valence-corrected chi connectivity index (χ1v) is 4.04. The van der Waals surface area contributed by atoms with Gasteiger partial charge in [-0.2, -0.15) is 0 Å². The lowest BCUT2D eigenvalue weighted by molar-refractivity contribution is 0.312. The van der Waals surface area contributed by atoms with Crippen molar-refractivity contribution in [2.45, 2.75) is 32.2 Å². The smallest absolute Gasteiger partial charge is 0.00957 e. The number of nitrogens with two attached hydrogens (primary N) is 1. The van der Waals surface area contributed by atoms with Gasteiger partial charge in [0.2, 0.25) is 0 Å². The zero-order valence-electron chi connectivity index (χ0n) is 6.01. The van der Waals surface area contributed by atoms with Gasteiger partial charge in [0.15, 0.2) is 0 Å². The SMILES string of the molecule is C[C@@H]1[C@H]2CC[C@H](C2)[C@H]1N. The first-order chi connectivity index (χ1) is 4.29. The molecule has 1 heteroatoms. The van der Waals surface area contributed by atoms with Gasteiger partial charge in [-0.1, -0.05) is 6.92 Å². The predicted molar refractivity (Wildman–Crippen MR) is 38.0 cm³/mol. The third-order valence-electron chi connectivity index (χ3n) is 3.41. The summed E-state index contributed by atoms with van der Waals surface area (Å²) in [7, 11) is 0. The van der Waals surface area contributed by atoms with E-state index < -0.39 is 0 Å². The molecule has 0 unspecified atom stereocenters. The van der Waals surface area contributed by atoms with Crippen molar-refractivity contribution in [2.24, 2.45) is 23.5 Å². The molecule has 2 fully saturated rings. The fourth-order valence-corrected chi connectivity index (χ4v) is 2.62. The summed E-state index contributed by atoms with van der Waals surface area (Å²) >= 11 is 0. The van der Waals surface area contributed by atoms with Crippen LogP contribution in [0, 0.1) is 17.8 Å². The van der Waals surface area contributed by atoms with E-state index in [2.05, 4.69) is 6.92 Å². The maximum absolute atomic E-state index is 5.96. The van der Waals surface area contributed by atoms with E-state index >= 15 is 0 Å². The van der Waals surface area contributed by atoms with Crippen LogP contribution in [-0.4, -0.2) is 6.04 Å². The van der Waals surface area contributed by atoms with E-state index in [1.165, 1.54) is 19.3 Å². The van der Waals surface area contributed by atoms with E-state index in [9.17, 15) is 0 Å². The molecule has 2 N–H and O–H groups in total. The second-order valence-corrected chi connectivity index (χ2v) is 3.77. The van der Waals surface area contributed by atoms with Crippen molar-refractivity contribution < 1.29 is 0 Å². The lowest BCUT2D eigenvalue weighted by Gasteiger charge is -2.23. The van der Waals surface area contributed by atoms with E-state index in [4.69, 9.17) is 5.73 Å². The van der Waals surface area contributed by atoms with Crippen molar-refractivity contribution in [3.63, 3.8) is 0 Å². The van der Waals surface area contributed by atoms with E-state index in [1.54, 1.807) is 0 Å². The van der Waals surface area contributed by atoms with Crippen molar-refractivity contribution >= 4 is 0 Å². The highest BCUT2D eigenvalue weighted by molar-refractivity contribution is 4.96. The molecule has 0 aliphatic heterocycles. The van der Waals surface area contributed by atoms with E-state index in [1.807, 2.05) is 0 Å². The standard InChI is InChI=1S/C8H15N/c1-5-6-2-3-7(4-6)8(5)9/h5-8H,2-4,9H2,1H3/t5-,6+,7-,8+/m1/s1. The van der Waals surface area contributed by atoms with Crippen molar-refractivity contribution in [3.05, 3.63) is 0 Å². The Labute approximate surface area is 56.6 Å². The van der Waals surface area contributed by atoms with Crippen LogP contribution in [-0.2, 0) is 0 Å². The minimum Gasteiger partial charge on any atom is -0.327 e. The van der Waals surface area contributed by atoms with Crippen molar-refractivity contribution in [2.75, 3.05) is 0 Å². The normalized spacial score (nSPS) is 56.7. The topological polar surface area (TPSA) is 26.0 Å². The Morgan fingerprint density at radius 3 is 2.22 bits per heavy atom. The summed E-state index contributed by atoms with van der Waals surface area (Å²) in [6, 6.07) is 0.545. The second kappa shape index (κ2) is 1.72. The second-order valence-electron chi connectivity index (χ2n) is 3.77. The zero-order chi connectivity index (χ0) is 6.43. The van der Waals surface area contributed by atoms with Crippen LogP contribution >= 0.6 is 0 Å². The first-order valence-electron chi connectivity index (χ1n) is 4.04. The molecule has 0 saturated heterocycles. The largest absolute Gasteiger partial charge is 0.327 e. The van der Waals surface area contributed by atoms with Gasteiger partial charge in [-0.3, -0.25) is 0 Å². The van der Waals surface area contributed by atoms with Gasteiger partial charge in [0.1, 0.15) is 0 Å². The fraction of sp³-hybridized carbons (Fsp3) is 1.00. The summed E-state index contributed by atoms with van der Waals surface area (Å²) in [4.78, 5) is 0. The quantitative estimate of drug-likeness (QED) is 0.520. The third-order valence-corrected chi connectivity index (χ3v) is 3.41. The van der Waals surface area contributed by atoms with Crippen molar-refractivity contribution in [3.8, 4) is 0 Å². The van der Waals surface area contributed by atoms with Crippen LogP contribution in [0.15, 0.2) is 0 Å². The first kappa shape index (κ1) is 5.72. The summed E-state index contributed by atoms with van der Waals surface area (Å²) < 4.78 is 0. The Balaban J connectivity index is 2.15. The van der Waals surface area contributed by atoms with Gasteiger partial charge in [0, 0.05) is 6.04 Å². The summed E-state index contributed by atoms with van der Waals surface area (Å²) in [5.74, 6) is 2.71. The highest BCUT2D eigenvalue weighted by atomic mass is 14.7. The predicted octanol–water partition coefficient (Wildman–Crippen LogP) is 1.38. The molecular formula is C8H15N. The minimum atomic E-state index is 0.545. The maximum Gasteiger partial charge on any atom is 0.00957 e. The molecule has 4 atom stereocenters. The molecule has 2 aliphatic carbocycles. The molecule has 0 aromatic carbocycles. The van der Waals surface area contributed by atoms with Gasteiger partial charge in [0.05, 0.1) is 0 Å². The fourth-order valence-electron chi connectivity index (χ4n) is 2.62. The van der Waals surface area contributed by atoms with E-state index in [0.717, 1.165) is 17.8 Å². The Morgan fingerprint density at radius 1 is 1.22 bits per heavy atom. The van der Waals surface area contributed by atoms with Gasteiger partial charge in [-0.15, -0.1) is 0 Å². The molecule has 52 valence electrons. The highest BCUT2D eigenvalue weighted by Gasteiger charge is 2.42. The molecule has 0 amide bonds. The lowest BCUT2D eigenvalue weighted by atomic mass is 9.87. The van der Waals surface area contributed by atoms with Crippen LogP contribution in [0.25, 0.3) is 0 Å². The number of rotatable bonds is 0. The molecular weight excluding hydrogens is 110 g/mol. The number of hydrogen-bond donors (Lipinski definition) is 1. The van der Waals surface area contributed by atoms with Crippen LogP contribution in [0.3, 0.4) is 0 Å². The van der Waals surface area contributed by atoms with Gasteiger partial charge < -0.3 is 5.73 Å². The molecule has 0 aromatic rings. The molecule has 0 radical (unpaired) electrons. The van der Waals surface area contributed by atoms with Crippen LogP contribution in [0.2, 0.25) is 0 Å². The lowest BCUT2D eigenvalue weighted by Crippen LogP contribution is -2.33. The molecule has 9 heavy (non-hydrogen) atoms. The van der Waals surface area contributed by atoms with Crippen LogP contribution in [0.4, 0.5) is 0 Å². The minimum absolute atomic E-state index is 0.545. The van der Waals surface area contributed by atoms with Gasteiger partial charge in [-0.25, -0.2) is 0 Å². The average molecular weight is 125 g/mol. The zero-order valence-corrected chi connectivity index (χ0v) is 6.01. The molecule has 2 aliphatic rings. The Bertz CT molecular complexity index is 104. The van der Waals surface area contributed by atoms with Crippen LogP contribution in [0.1, 0.15) is 26.2 Å². The van der Waals surface area contributed by atoms with Crippen LogP contribution in [0.5, 0.6) is 0 Å². The Morgan fingerprint density at radius 2 is 1.89 bits per heavy atom. The van der Waals surface area contributed by atoms with E-state index in [-0.39, 0.29) is 0 Å². The van der Waals surface area contributed by atoms with Crippen molar-refractivity contribution in [1.82, 2.24) is 0 Å². The molecule has 0 aromatic heterocycles. The summed E-state index contributed by atoms with van der Waals surface area (Å²) in [6.45, 7) is 2.31. The summed E-state index contributed by atoms with van der Waals surface area (Å²) in [5, 5.41) is 0. The molecule has 1 nitrogen and oxygen atoms in total. The molecule has 0 heterocycles. The Kier molecular flexibility index (Phi) is 1.10. The molecule has 2 bridgehead atoms. The molecule has 2 saturated carbocycles. The van der Waals surface area contributed by atoms with Gasteiger partial charge in [-0.05, 0) is 37.0 Å². The van der Waals surface area contributed by atoms with Gasteiger partial charge >= 0.3 is 0 Å².